The van der Waals surface area contributed by atoms with Crippen molar-refractivity contribution in [3.05, 3.63) is 47.8 Å². The summed E-state index contributed by atoms with van der Waals surface area (Å²) >= 11 is 1.59. The second-order valence-electron chi connectivity index (χ2n) is 4.07. The molecule has 0 bridgehead atoms. The Morgan fingerprint density at radius 1 is 1.11 bits per heavy atom. The van der Waals surface area contributed by atoms with E-state index in [0.717, 1.165) is 23.8 Å². The summed E-state index contributed by atoms with van der Waals surface area (Å²) in [5.74, 6) is 0. The van der Waals surface area contributed by atoms with Crippen LogP contribution >= 0.6 is 11.8 Å². The van der Waals surface area contributed by atoms with Gasteiger partial charge in [0.2, 0.25) is 0 Å². The van der Waals surface area contributed by atoms with E-state index in [2.05, 4.69) is 53.4 Å². The molecule has 0 saturated carbocycles. The van der Waals surface area contributed by atoms with Gasteiger partial charge in [-0.05, 0) is 37.4 Å². The molecule has 1 heterocycles. The standard InChI is InChI=1S/C14H17N3S/c1-3-15-8-12-9-16-14(17-10-12)18-13-6-4-11(2)5-7-13/h4-7,9-10,15H,3,8H2,1-2H3. The van der Waals surface area contributed by atoms with Crippen LogP contribution in [0.4, 0.5) is 0 Å². The van der Waals surface area contributed by atoms with Gasteiger partial charge in [0.15, 0.2) is 5.16 Å². The molecule has 0 amide bonds. The molecule has 1 aromatic heterocycles. The summed E-state index contributed by atoms with van der Waals surface area (Å²) in [6.07, 6.45) is 3.76. The largest absolute Gasteiger partial charge is 0.313 e. The molecule has 18 heavy (non-hydrogen) atoms. The van der Waals surface area contributed by atoms with E-state index in [-0.39, 0.29) is 0 Å². The molecule has 0 aliphatic carbocycles. The molecule has 1 aromatic carbocycles. The molecule has 0 unspecified atom stereocenters. The fourth-order valence-electron chi connectivity index (χ4n) is 1.47. The monoisotopic (exact) mass is 259 g/mol. The maximum Gasteiger partial charge on any atom is 0.192 e. The third-order valence-corrected chi connectivity index (χ3v) is 3.39. The van der Waals surface area contributed by atoms with Crippen molar-refractivity contribution in [3.8, 4) is 0 Å². The number of hydrogen-bond acceptors (Lipinski definition) is 4. The van der Waals surface area contributed by atoms with Gasteiger partial charge >= 0.3 is 0 Å². The molecule has 0 aliphatic heterocycles. The van der Waals surface area contributed by atoms with E-state index in [1.54, 1.807) is 11.8 Å². The van der Waals surface area contributed by atoms with Gasteiger partial charge in [0.1, 0.15) is 0 Å². The number of rotatable bonds is 5. The van der Waals surface area contributed by atoms with Gasteiger partial charge in [0.25, 0.3) is 0 Å². The molecule has 0 radical (unpaired) electrons. The maximum absolute atomic E-state index is 4.36. The zero-order valence-electron chi connectivity index (χ0n) is 10.7. The summed E-state index contributed by atoms with van der Waals surface area (Å²) in [6.45, 7) is 5.95. The van der Waals surface area contributed by atoms with Gasteiger partial charge in [0.05, 0.1) is 0 Å². The van der Waals surface area contributed by atoms with Gasteiger partial charge in [-0.3, -0.25) is 0 Å². The Labute approximate surface area is 112 Å². The molecular weight excluding hydrogens is 242 g/mol. The minimum absolute atomic E-state index is 0.791. The molecule has 94 valence electrons. The van der Waals surface area contributed by atoms with Crippen LogP contribution in [0.2, 0.25) is 0 Å². The lowest BCUT2D eigenvalue weighted by molar-refractivity contribution is 0.716. The van der Waals surface area contributed by atoms with Crippen LogP contribution in [0.1, 0.15) is 18.1 Å². The number of nitrogens with zero attached hydrogens (tertiary/aromatic N) is 2. The van der Waals surface area contributed by atoms with E-state index in [1.165, 1.54) is 10.5 Å². The van der Waals surface area contributed by atoms with Crippen molar-refractivity contribution >= 4 is 11.8 Å². The average Bonchev–Trinajstić information content (AvgIpc) is 2.41. The zero-order chi connectivity index (χ0) is 12.8. The SMILES string of the molecule is CCNCc1cnc(Sc2ccc(C)cc2)nc1. The molecule has 0 saturated heterocycles. The van der Waals surface area contributed by atoms with E-state index in [1.807, 2.05) is 12.4 Å². The minimum Gasteiger partial charge on any atom is -0.313 e. The first-order valence-corrected chi connectivity index (χ1v) is 6.85. The van der Waals surface area contributed by atoms with Crippen LogP contribution in [0.25, 0.3) is 0 Å². The van der Waals surface area contributed by atoms with Gasteiger partial charge in [-0.25, -0.2) is 9.97 Å². The smallest absolute Gasteiger partial charge is 0.192 e. The van der Waals surface area contributed by atoms with Crippen LogP contribution in [0.15, 0.2) is 46.7 Å². The van der Waals surface area contributed by atoms with Crippen molar-refractivity contribution in [1.82, 2.24) is 15.3 Å². The van der Waals surface area contributed by atoms with E-state index in [4.69, 9.17) is 0 Å². The summed E-state index contributed by atoms with van der Waals surface area (Å²) in [5, 5.41) is 4.04. The first-order chi connectivity index (χ1) is 8.78. The third kappa shape index (κ3) is 3.82. The predicted octanol–water partition coefficient (Wildman–Crippen LogP) is 3.05. The summed E-state index contributed by atoms with van der Waals surface area (Å²) < 4.78 is 0. The van der Waals surface area contributed by atoms with Crippen molar-refractivity contribution in [2.75, 3.05) is 6.54 Å². The molecule has 0 aliphatic rings. The van der Waals surface area contributed by atoms with Gasteiger partial charge in [-0.1, -0.05) is 24.6 Å². The Kier molecular flexibility index (Phi) is 4.73. The van der Waals surface area contributed by atoms with Crippen molar-refractivity contribution < 1.29 is 0 Å². The van der Waals surface area contributed by atoms with Gasteiger partial charge < -0.3 is 5.32 Å². The summed E-state index contributed by atoms with van der Waals surface area (Å²) in [6, 6.07) is 8.38. The Hall–Kier alpha value is -1.39. The van der Waals surface area contributed by atoms with Crippen LogP contribution in [0.5, 0.6) is 0 Å². The number of benzene rings is 1. The van der Waals surface area contributed by atoms with Crippen LogP contribution in [0, 0.1) is 6.92 Å². The molecule has 3 nitrogen and oxygen atoms in total. The van der Waals surface area contributed by atoms with Crippen molar-refractivity contribution in [1.29, 1.82) is 0 Å². The molecule has 0 atom stereocenters. The topological polar surface area (TPSA) is 37.8 Å². The first-order valence-electron chi connectivity index (χ1n) is 6.04. The highest BCUT2D eigenvalue weighted by Crippen LogP contribution is 2.24. The normalized spacial score (nSPS) is 10.6. The highest BCUT2D eigenvalue weighted by Gasteiger charge is 2.00. The highest BCUT2D eigenvalue weighted by atomic mass is 32.2. The number of aryl methyl sites for hydroxylation is 1. The van der Waals surface area contributed by atoms with Crippen molar-refractivity contribution in [3.63, 3.8) is 0 Å². The quantitative estimate of drug-likeness (QED) is 0.838. The van der Waals surface area contributed by atoms with Gasteiger partial charge in [-0.2, -0.15) is 0 Å². The van der Waals surface area contributed by atoms with Crippen molar-refractivity contribution in [2.45, 2.75) is 30.4 Å². The summed E-state index contributed by atoms with van der Waals surface area (Å²) in [4.78, 5) is 9.89. The minimum atomic E-state index is 0.791. The lowest BCUT2D eigenvalue weighted by Crippen LogP contribution is -2.12. The Bertz CT molecular complexity index is 479. The molecule has 1 N–H and O–H groups in total. The van der Waals surface area contributed by atoms with Gasteiger partial charge in [0, 0.05) is 29.4 Å². The fraction of sp³-hybridized carbons (Fsp3) is 0.286. The molecule has 2 rings (SSSR count). The van der Waals surface area contributed by atoms with E-state index in [9.17, 15) is 0 Å². The second kappa shape index (κ2) is 6.52. The molecule has 0 fully saturated rings. The first kappa shape index (κ1) is 13.1. The molecule has 2 aromatic rings. The Morgan fingerprint density at radius 3 is 2.39 bits per heavy atom. The third-order valence-electron chi connectivity index (χ3n) is 2.49. The molecule has 4 heteroatoms. The van der Waals surface area contributed by atoms with Crippen LogP contribution in [0.3, 0.4) is 0 Å². The Morgan fingerprint density at radius 2 is 1.78 bits per heavy atom. The predicted molar refractivity (Wildman–Crippen MR) is 74.7 cm³/mol. The second-order valence-corrected chi connectivity index (χ2v) is 5.11. The van der Waals surface area contributed by atoms with Crippen molar-refractivity contribution in [2.24, 2.45) is 0 Å². The van der Waals surface area contributed by atoms with Crippen LogP contribution < -0.4 is 5.32 Å². The fourth-order valence-corrected chi connectivity index (χ4v) is 2.16. The summed E-state index contributed by atoms with van der Waals surface area (Å²) in [7, 11) is 0. The van der Waals surface area contributed by atoms with Crippen LogP contribution in [-0.2, 0) is 6.54 Å². The van der Waals surface area contributed by atoms with E-state index < -0.39 is 0 Å². The molecule has 0 spiro atoms. The zero-order valence-corrected chi connectivity index (χ0v) is 11.5. The Balaban J connectivity index is 1.99. The number of hydrogen-bond donors (Lipinski definition) is 1. The van der Waals surface area contributed by atoms with Crippen LogP contribution in [-0.4, -0.2) is 16.5 Å². The van der Waals surface area contributed by atoms with E-state index >= 15 is 0 Å². The number of nitrogens with one attached hydrogen (secondary N) is 1. The highest BCUT2D eigenvalue weighted by molar-refractivity contribution is 7.99. The van der Waals surface area contributed by atoms with E-state index in [0.29, 0.717) is 0 Å². The lowest BCUT2D eigenvalue weighted by Gasteiger charge is -2.03. The van der Waals surface area contributed by atoms with Gasteiger partial charge in [-0.15, -0.1) is 0 Å². The molecular formula is C14H17N3S. The lowest BCUT2D eigenvalue weighted by atomic mass is 10.2. The number of aromatic nitrogens is 2. The average molecular weight is 259 g/mol. The summed E-state index contributed by atoms with van der Waals surface area (Å²) in [5.41, 5.74) is 2.38. The maximum atomic E-state index is 4.36.